The first kappa shape index (κ1) is 24.8. The van der Waals surface area contributed by atoms with Gasteiger partial charge in [0.25, 0.3) is 5.69 Å². The number of nitro groups is 1. The number of fused-ring (bicyclic) bond motifs is 3. The summed E-state index contributed by atoms with van der Waals surface area (Å²) >= 11 is 0. The number of rotatable bonds is 9. The molecule has 36 heavy (non-hydrogen) atoms. The summed E-state index contributed by atoms with van der Waals surface area (Å²) in [6.45, 7) is -0.293. The van der Waals surface area contributed by atoms with Crippen molar-refractivity contribution < 1.29 is 34.6 Å². The van der Waals surface area contributed by atoms with Gasteiger partial charge in [-0.2, -0.15) is 0 Å². The molecule has 3 aromatic carbocycles. The van der Waals surface area contributed by atoms with Crippen molar-refractivity contribution in [1.29, 1.82) is 0 Å². The Morgan fingerprint density at radius 2 is 1.61 bits per heavy atom. The lowest BCUT2D eigenvalue weighted by Gasteiger charge is -2.19. The van der Waals surface area contributed by atoms with Crippen LogP contribution in [0.1, 0.15) is 34.3 Å². The molecule has 2 unspecified atom stereocenters. The molecule has 0 saturated carbocycles. The third-order valence-corrected chi connectivity index (χ3v) is 6.15. The minimum Gasteiger partial charge on any atom is -0.481 e. The summed E-state index contributed by atoms with van der Waals surface area (Å²) in [6.07, 6.45) is -4.39. The van der Waals surface area contributed by atoms with Gasteiger partial charge in [-0.25, -0.2) is 4.79 Å². The Balaban J connectivity index is 1.35. The number of nitrogens with one attached hydrogen (secondary N) is 1. The molecule has 10 nitrogen and oxygen atoms in total. The number of aliphatic hydroxyl groups excluding tert-OH is 2. The van der Waals surface area contributed by atoms with Crippen LogP contribution in [0, 0.1) is 10.1 Å². The van der Waals surface area contributed by atoms with E-state index in [4.69, 9.17) is 9.84 Å². The van der Waals surface area contributed by atoms with Gasteiger partial charge >= 0.3 is 12.1 Å². The number of hydrogen-bond donors (Lipinski definition) is 4. The van der Waals surface area contributed by atoms with Gasteiger partial charge in [-0.05, 0) is 27.8 Å². The Morgan fingerprint density at radius 1 is 1.00 bits per heavy atom. The molecule has 186 valence electrons. The van der Waals surface area contributed by atoms with Gasteiger partial charge in [0.05, 0.1) is 11.3 Å². The smallest absolute Gasteiger partial charge is 0.407 e. The molecule has 0 aliphatic heterocycles. The predicted octanol–water partition coefficient (Wildman–Crippen LogP) is 3.15. The number of nitrogens with zero attached hydrogens (tertiary/aromatic N) is 1. The number of alkyl carbamates (subject to hydrolysis) is 1. The van der Waals surface area contributed by atoms with E-state index >= 15 is 0 Å². The lowest BCUT2D eigenvalue weighted by atomic mass is 9.98. The molecule has 0 spiro atoms. The summed E-state index contributed by atoms with van der Waals surface area (Å²) in [6, 6.07) is 19.3. The first-order chi connectivity index (χ1) is 17.3. The second kappa shape index (κ2) is 10.5. The first-order valence-electron chi connectivity index (χ1n) is 11.2. The monoisotopic (exact) mass is 492 g/mol. The fourth-order valence-corrected chi connectivity index (χ4v) is 4.42. The van der Waals surface area contributed by atoms with E-state index in [1.807, 2.05) is 48.5 Å². The van der Waals surface area contributed by atoms with Gasteiger partial charge in [0, 0.05) is 24.1 Å². The highest BCUT2D eigenvalue weighted by Crippen LogP contribution is 2.44. The predicted molar refractivity (Wildman–Crippen MR) is 128 cm³/mol. The Bertz CT molecular complexity index is 1260. The summed E-state index contributed by atoms with van der Waals surface area (Å²) in [5, 5.41) is 43.3. The van der Waals surface area contributed by atoms with Gasteiger partial charge in [-0.1, -0.05) is 60.7 Å². The highest BCUT2D eigenvalue weighted by atomic mass is 16.6. The van der Waals surface area contributed by atoms with Crippen LogP contribution in [0.2, 0.25) is 0 Å². The molecule has 0 aromatic heterocycles. The van der Waals surface area contributed by atoms with E-state index in [-0.39, 0.29) is 30.2 Å². The van der Waals surface area contributed by atoms with Crippen molar-refractivity contribution in [1.82, 2.24) is 5.32 Å². The quantitative estimate of drug-likeness (QED) is 0.262. The maximum absolute atomic E-state index is 12.3. The van der Waals surface area contributed by atoms with E-state index in [2.05, 4.69) is 5.32 Å². The maximum Gasteiger partial charge on any atom is 0.407 e. The summed E-state index contributed by atoms with van der Waals surface area (Å²) in [5.74, 6) is -1.37. The lowest BCUT2D eigenvalue weighted by molar-refractivity contribution is -0.385. The van der Waals surface area contributed by atoms with Crippen molar-refractivity contribution >= 4 is 17.7 Å². The summed E-state index contributed by atoms with van der Waals surface area (Å²) in [7, 11) is 0. The second-order valence-corrected chi connectivity index (χ2v) is 8.43. The van der Waals surface area contributed by atoms with E-state index in [1.165, 1.54) is 12.1 Å². The third kappa shape index (κ3) is 5.19. The van der Waals surface area contributed by atoms with E-state index < -0.39 is 41.3 Å². The maximum atomic E-state index is 12.3. The van der Waals surface area contributed by atoms with E-state index in [0.717, 1.165) is 28.3 Å². The SMILES string of the molecule is O=C(O)Cc1ccc(C(O)C(O)CNC(=O)OCC2c3ccccc3-c3ccccc32)cc1[N+](=O)[O-]. The highest BCUT2D eigenvalue weighted by Gasteiger charge is 2.29. The van der Waals surface area contributed by atoms with Gasteiger partial charge < -0.3 is 25.4 Å². The number of aliphatic carboxylic acids is 1. The van der Waals surface area contributed by atoms with Crippen LogP contribution in [-0.4, -0.2) is 51.6 Å². The minimum absolute atomic E-state index is 0.0117. The van der Waals surface area contributed by atoms with Gasteiger partial charge in [-0.15, -0.1) is 0 Å². The molecule has 4 N–H and O–H groups in total. The lowest BCUT2D eigenvalue weighted by Crippen LogP contribution is -2.36. The number of amides is 1. The Kier molecular flexibility index (Phi) is 7.28. The third-order valence-electron chi connectivity index (χ3n) is 6.15. The number of carboxylic acids is 1. The van der Waals surface area contributed by atoms with Gasteiger partial charge in [0.15, 0.2) is 0 Å². The van der Waals surface area contributed by atoms with E-state index in [1.54, 1.807) is 0 Å². The average Bonchev–Trinajstić information content (AvgIpc) is 3.19. The molecular formula is C26H24N2O8. The molecule has 10 heteroatoms. The standard InChI is InChI=1S/C26H24N2O8/c29-23(25(32)16-10-9-15(12-24(30)31)22(11-16)28(34)35)13-27-26(33)36-14-21-19-7-3-1-5-17(19)18-6-2-4-8-20(18)21/h1-11,21,23,25,29,32H,12-14H2,(H,27,33)(H,30,31). The Labute approximate surface area is 205 Å². The fraction of sp³-hybridized carbons (Fsp3) is 0.231. The van der Waals surface area contributed by atoms with Gasteiger partial charge in [0.2, 0.25) is 0 Å². The van der Waals surface area contributed by atoms with Crippen molar-refractivity contribution in [2.24, 2.45) is 0 Å². The second-order valence-electron chi connectivity index (χ2n) is 8.43. The summed E-state index contributed by atoms with van der Waals surface area (Å²) < 4.78 is 5.39. The number of carbonyl (C=O) groups excluding carboxylic acids is 1. The van der Waals surface area contributed by atoms with Gasteiger partial charge in [-0.3, -0.25) is 14.9 Å². The average molecular weight is 492 g/mol. The molecule has 0 saturated heterocycles. The fourth-order valence-electron chi connectivity index (χ4n) is 4.42. The van der Waals surface area contributed by atoms with Crippen LogP contribution in [-0.2, 0) is 16.0 Å². The number of carboxylic acid groups (broad SMARTS) is 1. The normalized spacial score (nSPS) is 13.8. The summed E-state index contributed by atoms with van der Waals surface area (Å²) in [5.41, 5.74) is 3.77. The zero-order chi connectivity index (χ0) is 25.8. The molecule has 4 rings (SSSR count). The van der Waals surface area contributed by atoms with Crippen molar-refractivity contribution in [2.75, 3.05) is 13.2 Å². The molecule has 1 amide bonds. The number of nitro benzene ring substituents is 1. The number of ether oxygens (including phenoxy) is 1. The highest BCUT2D eigenvalue weighted by molar-refractivity contribution is 5.79. The molecular weight excluding hydrogens is 468 g/mol. The van der Waals surface area contributed by atoms with Crippen molar-refractivity contribution in [3.05, 3.63) is 99.1 Å². The largest absolute Gasteiger partial charge is 0.481 e. The number of aliphatic hydroxyl groups is 2. The van der Waals surface area contributed by atoms with Crippen molar-refractivity contribution in [2.45, 2.75) is 24.5 Å². The topological polar surface area (TPSA) is 159 Å². The molecule has 0 bridgehead atoms. The number of benzene rings is 3. The van der Waals surface area contributed by atoms with E-state index in [0.29, 0.717) is 0 Å². The number of hydrogen-bond acceptors (Lipinski definition) is 7. The zero-order valence-electron chi connectivity index (χ0n) is 19.0. The van der Waals surface area contributed by atoms with Crippen LogP contribution >= 0.6 is 0 Å². The Morgan fingerprint density at radius 3 is 2.19 bits per heavy atom. The van der Waals surface area contributed by atoms with Crippen LogP contribution in [0.5, 0.6) is 0 Å². The number of carbonyl (C=O) groups is 2. The molecule has 1 aliphatic carbocycles. The van der Waals surface area contributed by atoms with Crippen LogP contribution in [0.3, 0.4) is 0 Å². The Hall–Kier alpha value is -4.28. The molecule has 1 aliphatic rings. The minimum atomic E-state index is -1.56. The molecule has 0 heterocycles. The molecule has 2 atom stereocenters. The van der Waals surface area contributed by atoms with Crippen molar-refractivity contribution in [3.63, 3.8) is 0 Å². The van der Waals surface area contributed by atoms with Crippen LogP contribution in [0.25, 0.3) is 11.1 Å². The van der Waals surface area contributed by atoms with E-state index in [9.17, 15) is 29.9 Å². The van der Waals surface area contributed by atoms with Crippen LogP contribution < -0.4 is 5.32 Å². The van der Waals surface area contributed by atoms with Gasteiger partial charge in [0.1, 0.15) is 18.8 Å². The molecule has 3 aromatic rings. The van der Waals surface area contributed by atoms with Crippen LogP contribution in [0.15, 0.2) is 66.7 Å². The summed E-state index contributed by atoms with van der Waals surface area (Å²) in [4.78, 5) is 33.8. The molecule has 0 radical (unpaired) electrons. The first-order valence-corrected chi connectivity index (χ1v) is 11.2. The zero-order valence-corrected chi connectivity index (χ0v) is 19.0. The molecule has 0 fully saturated rings. The van der Waals surface area contributed by atoms with Crippen LogP contribution in [0.4, 0.5) is 10.5 Å². The van der Waals surface area contributed by atoms with Crippen molar-refractivity contribution in [3.8, 4) is 11.1 Å².